The van der Waals surface area contributed by atoms with E-state index in [9.17, 15) is 24.9 Å². The van der Waals surface area contributed by atoms with Crippen molar-refractivity contribution in [2.45, 2.75) is 77.4 Å². The topological polar surface area (TPSA) is 98.1 Å². The Labute approximate surface area is 215 Å². The normalized spacial score (nSPS) is 26.9. The fourth-order valence-corrected chi connectivity index (χ4v) is 6.72. The number of hydrogen-bond acceptors (Lipinski definition) is 5. The van der Waals surface area contributed by atoms with Gasteiger partial charge in [0.25, 0.3) is 0 Å². The molecule has 6 nitrogen and oxygen atoms in total. The molecule has 4 rings (SSSR count). The highest BCUT2D eigenvalue weighted by molar-refractivity contribution is 9.10. The summed E-state index contributed by atoms with van der Waals surface area (Å²) < 4.78 is 0.871. The molecule has 4 atom stereocenters. The molecule has 1 heterocycles. The number of likely N-dealkylation sites (tertiary alicyclic amines) is 1. The molecule has 0 bridgehead atoms. The number of phenolic OH excluding ortho intramolecular Hbond substituents is 1. The van der Waals surface area contributed by atoms with Crippen LogP contribution in [-0.2, 0) is 9.59 Å². The number of nitrogens with zero attached hydrogens (tertiary/aromatic N) is 1. The highest BCUT2D eigenvalue weighted by Gasteiger charge is 2.55. The van der Waals surface area contributed by atoms with Gasteiger partial charge in [-0.25, -0.2) is 0 Å². The number of phenols is 1. The van der Waals surface area contributed by atoms with E-state index in [0.29, 0.717) is 24.8 Å². The van der Waals surface area contributed by atoms with Crippen LogP contribution in [0.5, 0.6) is 5.75 Å². The van der Waals surface area contributed by atoms with Gasteiger partial charge in [-0.2, -0.15) is 0 Å². The SMILES string of the molecule is CC1=C([C@H](O)CC/C(C)=C/c2cc(Br)ccc2O)[C@H](CO)[C@@H]2C(=O)N(C3CCCCC3)C(=O)[C@@H]2C1. The van der Waals surface area contributed by atoms with Gasteiger partial charge in [-0.1, -0.05) is 52.4 Å². The van der Waals surface area contributed by atoms with Gasteiger partial charge in [-0.15, -0.1) is 0 Å². The summed E-state index contributed by atoms with van der Waals surface area (Å²) in [7, 11) is 0. The molecule has 0 spiro atoms. The molecule has 35 heavy (non-hydrogen) atoms. The predicted octanol–water partition coefficient (Wildman–Crippen LogP) is 4.96. The Morgan fingerprint density at radius 3 is 2.60 bits per heavy atom. The van der Waals surface area contributed by atoms with Crippen molar-refractivity contribution in [2.75, 3.05) is 6.61 Å². The highest BCUT2D eigenvalue weighted by Crippen LogP contribution is 2.47. The largest absolute Gasteiger partial charge is 0.507 e. The van der Waals surface area contributed by atoms with E-state index in [1.54, 1.807) is 12.1 Å². The fourth-order valence-electron chi connectivity index (χ4n) is 6.34. The van der Waals surface area contributed by atoms with E-state index in [4.69, 9.17) is 0 Å². The molecule has 2 aliphatic carbocycles. The third-order valence-electron chi connectivity index (χ3n) is 8.06. The van der Waals surface area contributed by atoms with Crippen LogP contribution in [0.3, 0.4) is 0 Å². The third-order valence-corrected chi connectivity index (χ3v) is 8.55. The van der Waals surface area contributed by atoms with Crippen molar-refractivity contribution in [3.05, 3.63) is 45.0 Å². The van der Waals surface area contributed by atoms with Gasteiger partial charge in [-0.05, 0) is 69.7 Å². The van der Waals surface area contributed by atoms with Crippen LogP contribution in [0.15, 0.2) is 39.4 Å². The first kappa shape index (κ1) is 26.1. The van der Waals surface area contributed by atoms with Crippen molar-refractivity contribution in [3.63, 3.8) is 0 Å². The summed E-state index contributed by atoms with van der Waals surface area (Å²) in [5, 5.41) is 31.6. The molecule has 3 aliphatic rings. The lowest BCUT2D eigenvalue weighted by Crippen LogP contribution is -2.42. The maximum atomic E-state index is 13.5. The van der Waals surface area contributed by atoms with Crippen LogP contribution in [0, 0.1) is 17.8 Å². The first-order valence-electron chi connectivity index (χ1n) is 12.7. The Morgan fingerprint density at radius 1 is 1.20 bits per heavy atom. The van der Waals surface area contributed by atoms with Crippen molar-refractivity contribution < 1.29 is 24.9 Å². The Morgan fingerprint density at radius 2 is 1.91 bits per heavy atom. The standard InChI is InChI=1S/C28H36BrNO5/c1-16(12-18-14-19(29)9-11-23(18)32)8-10-24(33)25-17(2)13-21-26(22(25)15-31)28(35)30(27(21)34)20-6-4-3-5-7-20/h9,11-12,14,20-22,24,26,31-33H,3-8,10,13,15H2,1-2H3/b16-12+/t21-,22+,24-,26-/m1/s1. The van der Waals surface area contributed by atoms with Crippen molar-refractivity contribution >= 4 is 33.8 Å². The van der Waals surface area contributed by atoms with Gasteiger partial charge in [0.1, 0.15) is 5.75 Å². The first-order chi connectivity index (χ1) is 16.7. The van der Waals surface area contributed by atoms with Gasteiger partial charge in [0, 0.05) is 22.0 Å². The van der Waals surface area contributed by atoms with Crippen LogP contribution in [0.4, 0.5) is 0 Å². The van der Waals surface area contributed by atoms with E-state index in [1.165, 1.54) is 4.90 Å². The maximum absolute atomic E-state index is 13.5. The van der Waals surface area contributed by atoms with Gasteiger partial charge in [-0.3, -0.25) is 14.5 Å². The number of aliphatic hydroxyl groups is 2. The summed E-state index contributed by atoms with van der Waals surface area (Å²) in [6.45, 7) is 3.61. The molecule has 1 aromatic carbocycles. The minimum Gasteiger partial charge on any atom is -0.507 e. The molecule has 1 saturated heterocycles. The molecular formula is C28H36BrNO5. The first-order valence-corrected chi connectivity index (χ1v) is 13.5. The molecule has 3 N–H and O–H groups in total. The molecule has 0 unspecified atom stereocenters. The van der Waals surface area contributed by atoms with Crippen molar-refractivity contribution in [2.24, 2.45) is 17.8 Å². The lowest BCUT2D eigenvalue weighted by Gasteiger charge is -2.35. The van der Waals surface area contributed by atoms with E-state index < -0.39 is 23.9 Å². The number of carbonyl (C=O) groups is 2. The molecular weight excluding hydrogens is 510 g/mol. The van der Waals surface area contributed by atoms with E-state index in [2.05, 4.69) is 15.9 Å². The van der Waals surface area contributed by atoms with Crippen LogP contribution in [-0.4, -0.2) is 50.8 Å². The van der Waals surface area contributed by atoms with Gasteiger partial charge < -0.3 is 15.3 Å². The second-order valence-corrected chi connectivity index (χ2v) is 11.4. The lowest BCUT2D eigenvalue weighted by atomic mass is 9.68. The monoisotopic (exact) mass is 545 g/mol. The van der Waals surface area contributed by atoms with E-state index in [-0.39, 0.29) is 30.2 Å². The number of aliphatic hydroxyl groups excluding tert-OH is 2. The van der Waals surface area contributed by atoms with Gasteiger partial charge >= 0.3 is 0 Å². The number of benzene rings is 1. The number of fused-ring (bicyclic) bond motifs is 1. The van der Waals surface area contributed by atoms with E-state index in [1.807, 2.05) is 26.0 Å². The molecule has 0 radical (unpaired) electrons. The fraction of sp³-hybridized carbons (Fsp3) is 0.571. The summed E-state index contributed by atoms with van der Waals surface area (Å²) in [4.78, 5) is 28.3. The zero-order valence-electron chi connectivity index (χ0n) is 20.5. The van der Waals surface area contributed by atoms with E-state index >= 15 is 0 Å². The Kier molecular flexibility index (Phi) is 8.19. The lowest BCUT2D eigenvalue weighted by molar-refractivity contribution is -0.143. The number of rotatable bonds is 7. The molecule has 1 aromatic rings. The second-order valence-electron chi connectivity index (χ2n) is 10.4. The van der Waals surface area contributed by atoms with Crippen LogP contribution in [0.2, 0.25) is 0 Å². The van der Waals surface area contributed by atoms with Crippen molar-refractivity contribution in [1.82, 2.24) is 4.90 Å². The van der Waals surface area contributed by atoms with Crippen LogP contribution >= 0.6 is 15.9 Å². The Hall–Kier alpha value is -1.96. The highest BCUT2D eigenvalue weighted by atomic mass is 79.9. The summed E-state index contributed by atoms with van der Waals surface area (Å²) in [5.74, 6) is -1.61. The predicted molar refractivity (Wildman–Crippen MR) is 138 cm³/mol. The van der Waals surface area contributed by atoms with Crippen LogP contribution < -0.4 is 0 Å². The quantitative estimate of drug-likeness (QED) is 0.332. The van der Waals surface area contributed by atoms with Crippen LogP contribution in [0.25, 0.3) is 6.08 Å². The summed E-state index contributed by atoms with van der Waals surface area (Å²) in [5.41, 5.74) is 3.34. The minimum absolute atomic E-state index is 0.0235. The third kappa shape index (κ3) is 5.27. The minimum atomic E-state index is -0.806. The van der Waals surface area contributed by atoms with Gasteiger partial charge in [0.2, 0.25) is 11.8 Å². The number of aromatic hydroxyl groups is 1. The Balaban J connectivity index is 1.49. The smallest absolute Gasteiger partial charge is 0.234 e. The molecule has 190 valence electrons. The number of carbonyl (C=O) groups excluding carboxylic acids is 2. The average molecular weight is 547 g/mol. The molecule has 7 heteroatoms. The molecule has 2 fully saturated rings. The van der Waals surface area contributed by atoms with Crippen molar-refractivity contribution in [3.8, 4) is 5.75 Å². The van der Waals surface area contributed by atoms with Gasteiger partial charge in [0.15, 0.2) is 0 Å². The van der Waals surface area contributed by atoms with Gasteiger partial charge in [0.05, 0.1) is 24.5 Å². The number of allylic oxidation sites excluding steroid dienone is 2. The molecule has 1 aliphatic heterocycles. The second kappa shape index (κ2) is 11.0. The van der Waals surface area contributed by atoms with Crippen LogP contribution in [0.1, 0.15) is 70.8 Å². The number of imide groups is 1. The Bertz CT molecular complexity index is 1040. The number of halogens is 1. The zero-order valence-corrected chi connectivity index (χ0v) is 22.1. The molecule has 1 saturated carbocycles. The maximum Gasteiger partial charge on any atom is 0.234 e. The summed E-state index contributed by atoms with van der Waals surface area (Å²) >= 11 is 3.42. The zero-order chi connectivity index (χ0) is 25.3. The number of hydrogen-bond donors (Lipinski definition) is 3. The van der Waals surface area contributed by atoms with Crippen molar-refractivity contribution in [1.29, 1.82) is 0 Å². The average Bonchev–Trinajstić information content (AvgIpc) is 3.08. The molecule has 0 aromatic heterocycles. The molecule has 2 amide bonds. The van der Waals surface area contributed by atoms with E-state index in [0.717, 1.165) is 53.3 Å². The summed E-state index contributed by atoms with van der Waals surface area (Å²) in [6, 6.07) is 5.22. The number of amides is 2. The summed E-state index contributed by atoms with van der Waals surface area (Å²) in [6.07, 6.45) is 7.52.